The topological polar surface area (TPSA) is 62.5 Å². The van der Waals surface area contributed by atoms with Crippen LogP contribution >= 0.6 is 0 Å². The third-order valence-electron chi connectivity index (χ3n) is 3.97. The molecule has 1 aromatic rings. The van der Waals surface area contributed by atoms with Crippen molar-refractivity contribution >= 4 is 5.96 Å². The number of hydrogen-bond donors (Lipinski definition) is 2. The highest BCUT2D eigenvalue weighted by Crippen LogP contribution is 2.27. The van der Waals surface area contributed by atoms with Crippen LogP contribution in [-0.4, -0.2) is 24.2 Å². The lowest BCUT2D eigenvalue weighted by Gasteiger charge is -2.09. The van der Waals surface area contributed by atoms with Crippen molar-refractivity contribution in [3.8, 4) is 0 Å². The van der Waals surface area contributed by atoms with Crippen molar-refractivity contribution in [2.24, 2.45) is 10.9 Å². The Labute approximate surface area is 127 Å². The van der Waals surface area contributed by atoms with Gasteiger partial charge in [-0.05, 0) is 38.5 Å². The molecular weight excluding hydrogens is 264 g/mol. The maximum atomic E-state index is 5.40. The zero-order chi connectivity index (χ0) is 15.1. The zero-order valence-corrected chi connectivity index (χ0v) is 13.5. The van der Waals surface area contributed by atoms with E-state index in [-0.39, 0.29) is 0 Å². The van der Waals surface area contributed by atoms with E-state index in [1.165, 1.54) is 12.8 Å². The summed E-state index contributed by atoms with van der Waals surface area (Å²) in [6.45, 7) is 8.87. The Kier molecular flexibility index (Phi) is 6.08. The molecule has 21 heavy (non-hydrogen) atoms. The van der Waals surface area contributed by atoms with Crippen LogP contribution in [0.2, 0.25) is 0 Å². The Morgan fingerprint density at radius 3 is 2.71 bits per heavy atom. The predicted octanol–water partition coefficient (Wildman–Crippen LogP) is 3.04. The van der Waals surface area contributed by atoms with Crippen LogP contribution < -0.4 is 10.6 Å². The van der Waals surface area contributed by atoms with Gasteiger partial charge in [0.05, 0.1) is 5.69 Å². The Morgan fingerprint density at radius 2 is 2.10 bits per heavy atom. The molecule has 0 atom stereocenters. The summed E-state index contributed by atoms with van der Waals surface area (Å²) in [6.07, 6.45) is 4.87. The minimum atomic E-state index is 0.493. The Bertz CT molecular complexity index is 447. The second-order valence-electron chi connectivity index (χ2n) is 5.75. The summed E-state index contributed by atoms with van der Waals surface area (Å²) >= 11 is 0. The highest BCUT2D eigenvalue weighted by Gasteiger charge is 2.21. The Hall–Kier alpha value is -1.52. The summed E-state index contributed by atoms with van der Waals surface area (Å²) in [7, 11) is 0. The number of hydrogen-bond acceptors (Lipinski definition) is 3. The highest BCUT2D eigenvalue weighted by molar-refractivity contribution is 5.79. The van der Waals surface area contributed by atoms with E-state index in [0.717, 1.165) is 49.3 Å². The second kappa shape index (κ2) is 8.05. The summed E-state index contributed by atoms with van der Waals surface area (Å²) in [6, 6.07) is 2.05. The first kappa shape index (κ1) is 15.9. The van der Waals surface area contributed by atoms with Crippen molar-refractivity contribution in [1.82, 2.24) is 15.8 Å². The van der Waals surface area contributed by atoms with Gasteiger partial charge in [-0.25, -0.2) is 4.99 Å². The van der Waals surface area contributed by atoms with E-state index >= 15 is 0 Å². The van der Waals surface area contributed by atoms with Crippen molar-refractivity contribution in [3.63, 3.8) is 0 Å². The van der Waals surface area contributed by atoms with Crippen molar-refractivity contribution in [2.45, 2.75) is 58.9 Å². The van der Waals surface area contributed by atoms with Crippen LogP contribution in [0.25, 0.3) is 0 Å². The van der Waals surface area contributed by atoms with Gasteiger partial charge in [-0.3, -0.25) is 0 Å². The average Bonchev–Trinajstić information content (AvgIpc) is 3.21. The largest absolute Gasteiger partial charge is 0.359 e. The van der Waals surface area contributed by atoms with Gasteiger partial charge in [0.1, 0.15) is 6.54 Å². The predicted molar refractivity (Wildman–Crippen MR) is 85.4 cm³/mol. The lowest BCUT2D eigenvalue weighted by atomic mass is 9.99. The van der Waals surface area contributed by atoms with Gasteiger partial charge in [0, 0.05) is 25.1 Å². The van der Waals surface area contributed by atoms with E-state index in [1.807, 2.05) is 6.07 Å². The van der Waals surface area contributed by atoms with Crippen LogP contribution in [0.5, 0.6) is 0 Å². The third kappa shape index (κ3) is 5.06. The smallest absolute Gasteiger partial charge is 0.191 e. The maximum absolute atomic E-state index is 5.40. The van der Waals surface area contributed by atoms with E-state index in [0.29, 0.717) is 12.5 Å². The SMILES string of the molecule is CCNC(=NCc1cc(C(CC)CC)no1)NCC1CC1. The fourth-order valence-corrected chi connectivity index (χ4v) is 2.36. The van der Waals surface area contributed by atoms with Crippen molar-refractivity contribution in [2.75, 3.05) is 13.1 Å². The molecule has 0 aliphatic heterocycles. The van der Waals surface area contributed by atoms with Gasteiger partial charge >= 0.3 is 0 Å². The molecule has 0 amide bonds. The monoisotopic (exact) mass is 292 g/mol. The molecule has 0 spiro atoms. The van der Waals surface area contributed by atoms with E-state index in [4.69, 9.17) is 4.52 Å². The molecule has 2 rings (SSSR count). The van der Waals surface area contributed by atoms with Gasteiger partial charge < -0.3 is 15.2 Å². The van der Waals surface area contributed by atoms with E-state index in [9.17, 15) is 0 Å². The number of rotatable bonds is 8. The zero-order valence-electron chi connectivity index (χ0n) is 13.5. The fraction of sp³-hybridized carbons (Fsp3) is 0.750. The first-order valence-electron chi connectivity index (χ1n) is 8.24. The van der Waals surface area contributed by atoms with E-state index in [2.05, 4.69) is 41.6 Å². The summed E-state index contributed by atoms with van der Waals surface area (Å²) in [4.78, 5) is 4.57. The number of guanidine groups is 1. The normalized spacial score (nSPS) is 15.5. The molecule has 1 aliphatic rings. The second-order valence-corrected chi connectivity index (χ2v) is 5.75. The molecular formula is C16H28N4O. The third-order valence-corrected chi connectivity index (χ3v) is 3.97. The highest BCUT2D eigenvalue weighted by atomic mass is 16.5. The summed E-state index contributed by atoms with van der Waals surface area (Å²) in [5.74, 6) is 3.03. The van der Waals surface area contributed by atoms with Gasteiger partial charge in [-0.2, -0.15) is 0 Å². The molecule has 0 aromatic carbocycles. The molecule has 0 saturated heterocycles. The van der Waals surface area contributed by atoms with Crippen LogP contribution in [0.1, 0.15) is 63.8 Å². The summed E-state index contributed by atoms with van der Waals surface area (Å²) in [5, 5.41) is 10.8. The van der Waals surface area contributed by atoms with Gasteiger partial charge in [-0.1, -0.05) is 19.0 Å². The molecule has 1 aromatic heterocycles. The molecule has 0 bridgehead atoms. The minimum Gasteiger partial charge on any atom is -0.359 e. The standard InChI is InChI=1S/C16H28N4O/c1-4-13(5-2)15-9-14(21-20-15)11-19-16(17-6-3)18-10-12-7-8-12/h9,12-13H,4-8,10-11H2,1-3H3,(H2,17,18,19). The lowest BCUT2D eigenvalue weighted by Crippen LogP contribution is -2.38. The molecule has 5 nitrogen and oxygen atoms in total. The molecule has 5 heteroatoms. The molecule has 0 unspecified atom stereocenters. The van der Waals surface area contributed by atoms with Crippen LogP contribution in [0.3, 0.4) is 0 Å². The first-order valence-corrected chi connectivity index (χ1v) is 8.24. The maximum Gasteiger partial charge on any atom is 0.191 e. The summed E-state index contributed by atoms with van der Waals surface area (Å²) in [5.41, 5.74) is 1.06. The Morgan fingerprint density at radius 1 is 1.33 bits per heavy atom. The molecule has 0 radical (unpaired) electrons. The number of aromatic nitrogens is 1. The van der Waals surface area contributed by atoms with Gasteiger partial charge in [-0.15, -0.1) is 0 Å². The number of nitrogens with zero attached hydrogens (tertiary/aromatic N) is 2. The molecule has 1 heterocycles. The van der Waals surface area contributed by atoms with Crippen LogP contribution in [0.15, 0.2) is 15.6 Å². The van der Waals surface area contributed by atoms with Gasteiger partial charge in [0.15, 0.2) is 11.7 Å². The molecule has 1 saturated carbocycles. The van der Waals surface area contributed by atoms with Crippen LogP contribution in [0.4, 0.5) is 0 Å². The van der Waals surface area contributed by atoms with Gasteiger partial charge in [0.25, 0.3) is 0 Å². The summed E-state index contributed by atoms with van der Waals surface area (Å²) < 4.78 is 5.40. The van der Waals surface area contributed by atoms with Crippen LogP contribution in [0, 0.1) is 5.92 Å². The molecule has 2 N–H and O–H groups in total. The molecule has 1 aliphatic carbocycles. The lowest BCUT2D eigenvalue weighted by molar-refractivity contribution is 0.372. The first-order chi connectivity index (χ1) is 10.3. The van der Waals surface area contributed by atoms with Crippen molar-refractivity contribution in [3.05, 3.63) is 17.5 Å². The average molecular weight is 292 g/mol. The van der Waals surface area contributed by atoms with Gasteiger partial charge in [0.2, 0.25) is 0 Å². The number of aliphatic imine (C=N–C) groups is 1. The number of nitrogens with one attached hydrogen (secondary N) is 2. The minimum absolute atomic E-state index is 0.493. The van der Waals surface area contributed by atoms with Crippen molar-refractivity contribution in [1.29, 1.82) is 0 Å². The fourth-order valence-electron chi connectivity index (χ4n) is 2.36. The molecule has 1 fully saturated rings. The van der Waals surface area contributed by atoms with E-state index < -0.39 is 0 Å². The molecule has 118 valence electrons. The van der Waals surface area contributed by atoms with E-state index in [1.54, 1.807) is 0 Å². The van der Waals surface area contributed by atoms with Crippen molar-refractivity contribution < 1.29 is 4.52 Å². The quantitative estimate of drug-likeness (QED) is 0.571. The van der Waals surface area contributed by atoms with Crippen LogP contribution in [-0.2, 0) is 6.54 Å². The Balaban J connectivity index is 1.89.